The van der Waals surface area contributed by atoms with E-state index in [2.05, 4.69) is 26.1 Å². The van der Waals surface area contributed by atoms with Crippen LogP contribution in [0.5, 0.6) is 0 Å². The van der Waals surface area contributed by atoms with Crippen LogP contribution in [0.25, 0.3) is 0 Å². The molecule has 1 aliphatic carbocycles. The Bertz CT molecular complexity index is 145. The number of hydrogen-bond donors (Lipinski definition) is 2. The molecule has 2 atom stereocenters. The lowest BCUT2D eigenvalue weighted by molar-refractivity contribution is 0.270. The maximum absolute atomic E-state index is 6.06. The van der Waals surface area contributed by atoms with Gasteiger partial charge in [0.2, 0.25) is 0 Å². The minimum absolute atomic E-state index is 0.351. The van der Waals surface area contributed by atoms with Gasteiger partial charge < -0.3 is 11.1 Å². The van der Waals surface area contributed by atoms with E-state index in [4.69, 9.17) is 5.73 Å². The Morgan fingerprint density at radius 2 is 2.25 bits per heavy atom. The molecule has 3 N–H and O–H groups in total. The van der Waals surface area contributed by atoms with Gasteiger partial charge in [0.15, 0.2) is 0 Å². The minimum atomic E-state index is 0.351. The van der Waals surface area contributed by atoms with Crippen molar-refractivity contribution in [3.8, 4) is 0 Å². The second kappa shape index (κ2) is 3.75. The van der Waals surface area contributed by atoms with Gasteiger partial charge >= 0.3 is 0 Å². The van der Waals surface area contributed by atoms with Crippen molar-refractivity contribution in [2.75, 3.05) is 6.54 Å². The summed E-state index contributed by atoms with van der Waals surface area (Å²) in [6.45, 7) is 7.75. The van der Waals surface area contributed by atoms with Crippen molar-refractivity contribution >= 4 is 0 Å². The first-order chi connectivity index (χ1) is 5.54. The fourth-order valence-corrected chi connectivity index (χ4v) is 1.92. The molecule has 0 spiro atoms. The summed E-state index contributed by atoms with van der Waals surface area (Å²) in [5, 5.41) is 3.48. The zero-order valence-electron chi connectivity index (χ0n) is 8.56. The van der Waals surface area contributed by atoms with Crippen molar-refractivity contribution in [2.24, 2.45) is 11.1 Å². The van der Waals surface area contributed by atoms with Gasteiger partial charge in [0, 0.05) is 18.6 Å². The summed E-state index contributed by atoms with van der Waals surface area (Å²) in [6.07, 6.45) is 3.79. The van der Waals surface area contributed by atoms with E-state index in [0.717, 1.165) is 6.54 Å². The predicted molar refractivity (Wildman–Crippen MR) is 53.1 cm³/mol. The highest BCUT2D eigenvalue weighted by atomic mass is 14.9. The van der Waals surface area contributed by atoms with Gasteiger partial charge in [-0.3, -0.25) is 0 Å². The Morgan fingerprint density at radius 1 is 1.58 bits per heavy atom. The van der Waals surface area contributed by atoms with Crippen LogP contribution in [0.1, 0.15) is 40.0 Å². The third-order valence-electron chi connectivity index (χ3n) is 3.07. The van der Waals surface area contributed by atoms with Crippen LogP contribution in [0.4, 0.5) is 0 Å². The zero-order chi connectivity index (χ0) is 9.19. The van der Waals surface area contributed by atoms with Crippen molar-refractivity contribution in [1.29, 1.82) is 0 Å². The maximum atomic E-state index is 6.06. The van der Waals surface area contributed by atoms with Gasteiger partial charge in [0.25, 0.3) is 0 Å². The molecule has 0 aromatic heterocycles. The summed E-state index contributed by atoms with van der Waals surface area (Å²) in [4.78, 5) is 0. The molecule has 1 fully saturated rings. The highest BCUT2D eigenvalue weighted by Gasteiger charge is 2.35. The molecular formula is C10H22N2. The van der Waals surface area contributed by atoms with Crippen LogP contribution in [-0.4, -0.2) is 18.6 Å². The lowest BCUT2D eigenvalue weighted by Gasteiger charge is -2.30. The van der Waals surface area contributed by atoms with Crippen LogP contribution >= 0.6 is 0 Å². The second-order valence-electron chi connectivity index (χ2n) is 4.69. The summed E-state index contributed by atoms with van der Waals surface area (Å²) >= 11 is 0. The zero-order valence-corrected chi connectivity index (χ0v) is 8.56. The van der Waals surface area contributed by atoms with E-state index in [9.17, 15) is 0 Å². The second-order valence-corrected chi connectivity index (χ2v) is 4.69. The molecule has 0 bridgehead atoms. The third kappa shape index (κ3) is 2.20. The first-order valence-electron chi connectivity index (χ1n) is 5.03. The molecule has 0 aromatic carbocycles. The molecule has 1 saturated carbocycles. The van der Waals surface area contributed by atoms with Crippen molar-refractivity contribution < 1.29 is 0 Å². The molecule has 2 unspecified atom stereocenters. The van der Waals surface area contributed by atoms with Gasteiger partial charge in [-0.05, 0) is 18.3 Å². The fraction of sp³-hybridized carbons (Fsp3) is 1.00. The topological polar surface area (TPSA) is 38.0 Å². The highest BCUT2D eigenvalue weighted by Crippen LogP contribution is 2.35. The standard InChI is InChI=1S/C10H22N2/c1-8(2)12-7-10(3)6-4-5-9(10)11/h8-9,12H,4-7,11H2,1-3H3. The normalized spacial score (nSPS) is 36.2. The summed E-state index contributed by atoms with van der Waals surface area (Å²) < 4.78 is 0. The average molecular weight is 170 g/mol. The molecule has 0 saturated heterocycles. The summed E-state index contributed by atoms with van der Waals surface area (Å²) in [6, 6.07) is 0.985. The van der Waals surface area contributed by atoms with Crippen LogP contribution in [0.2, 0.25) is 0 Å². The number of rotatable bonds is 3. The van der Waals surface area contributed by atoms with Crippen LogP contribution < -0.4 is 11.1 Å². The first kappa shape index (κ1) is 10.0. The molecule has 72 valence electrons. The molecule has 0 heterocycles. The van der Waals surface area contributed by atoms with E-state index in [1.54, 1.807) is 0 Å². The van der Waals surface area contributed by atoms with Gasteiger partial charge in [-0.15, -0.1) is 0 Å². The molecule has 2 heteroatoms. The average Bonchev–Trinajstić information content (AvgIpc) is 2.30. The van der Waals surface area contributed by atoms with E-state index in [1.165, 1.54) is 19.3 Å². The van der Waals surface area contributed by atoms with Crippen LogP contribution in [0, 0.1) is 5.41 Å². The smallest absolute Gasteiger partial charge is 0.0105 e. The molecular weight excluding hydrogens is 148 g/mol. The van der Waals surface area contributed by atoms with Crippen LogP contribution in [0.3, 0.4) is 0 Å². The van der Waals surface area contributed by atoms with E-state index in [-0.39, 0.29) is 0 Å². The molecule has 0 amide bonds. The Kier molecular flexibility index (Phi) is 3.13. The molecule has 0 radical (unpaired) electrons. The molecule has 2 nitrogen and oxygen atoms in total. The van der Waals surface area contributed by atoms with Crippen LogP contribution in [-0.2, 0) is 0 Å². The maximum Gasteiger partial charge on any atom is 0.0105 e. The Labute approximate surface area is 75.9 Å². The SMILES string of the molecule is CC(C)NCC1(C)CCCC1N. The number of hydrogen-bond acceptors (Lipinski definition) is 2. The lowest BCUT2D eigenvalue weighted by atomic mass is 9.85. The quantitative estimate of drug-likeness (QED) is 0.673. The molecule has 1 aliphatic rings. The monoisotopic (exact) mass is 170 g/mol. The molecule has 12 heavy (non-hydrogen) atoms. The summed E-state index contributed by atoms with van der Waals surface area (Å²) in [5.74, 6) is 0. The van der Waals surface area contributed by atoms with Gasteiger partial charge in [0.1, 0.15) is 0 Å². The third-order valence-corrected chi connectivity index (χ3v) is 3.07. The Hall–Kier alpha value is -0.0800. The van der Waals surface area contributed by atoms with Crippen molar-refractivity contribution in [2.45, 2.75) is 52.1 Å². The van der Waals surface area contributed by atoms with Gasteiger partial charge in [0.05, 0.1) is 0 Å². The molecule has 1 rings (SSSR count). The summed E-state index contributed by atoms with van der Waals surface area (Å²) in [7, 11) is 0. The Balaban J connectivity index is 2.37. The van der Waals surface area contributed by atoms with Crippen LogP contribution in [0.15, 0.2) is 0 Å². The summed E-state index contributed by atoms with van der Waals surface area (Å²) in [5.41, 5.74) is 6.41. The minimum Gasteiger partial charge on any atom is -0.327 e. The van der Waals surface area contributed by atoms with E-state index < -0.39 is 0 Å². The van der Waals surface area contributed by atoms with E-state index in [1.807, 2.05) is 0 Å². The van der Waals surface area contributed by atoms with E-state index in [0.29, 0.717) is 17.5 Å². The van der Waals surface area contributed by atoms with Crippen molar-refractivity contribution in [1.82, 2.24) is 5.32 Å². The lowest BCUT2D eigenvalue weighted by Crippen LogP contribution is -2.44. The van der Waals surface area contributed by atoms with Crippen molar-refractivity contribution in [3.05, 3.63) is 0 Å². The van der Waals surface area contributed by atoms with Gasteiger partial charge in [-0.1, -0.05) is 27.2 Å². The predicted octanol–water partition coefficient (Wildman–Crippen LogP) is 1.50. The van der Waals surface area contributed by atoms with E-state index >= 15 is 0 Å². The fourth-order valence-electron chi connectivity index (χ4n) is 1.92. The van der Waals surface area contributed by atoms with Gasteiger partial charge in [-0.2, -0.15) is 0 Å². The van der Waals surface area contributed by atoms with Crippen molar-refractivity contribution in [3.63, 3.8) is 0 Å². The largest absolute Gasteiger partial charge is 0.327 e. The number of nitrogens with one attached hydrogen (secondary N) is 1. The highest BCUT2D eigenvalue weighted by molar-refractivity contribution is 4.92. The van der Waals surface area contributed by atoms with Gasteiger partial charge in [-0.25, -0.2) is 0 Å². The molecule has 0 aliphatic heterocycles. The first-order valence-corrected chi connectivity index (χ1v) is 5.03. The molecule has 0 aromatic rings. The Morgan fingerprint density at radius 3 is 2.67 bits per heavy atom. The number of nitrogens with two attached hydrogens (primary N) is 1.